The van der Waals surface area contributed by atoms with E-state index in [1.54, 1.807) is 0 Å². The SMILES string of the molecule is CC1=c2c(C)c3c(c(C)c2CC1=O)=C(CC1=c2c(C)c4c(c(C)c2CC1=O)=C(CC1=c2c(C)c5c(c(C)c2CC1=O)=C(CC1=c2c(C)c6c(c(C)c2CC1=O)=C(C)C(=O)C6)C(=O)C5)C(=O)C4)C(=O)C3. The van der Waals surface area contributed by atoms with Crippen molar-refractivity contribution in [3.05, 3.63) is 131 Å². The van der Waals surface area contributed by atoms with Crippen LogP contribution in [-0.4, -0.2) is 46.3 Å². The third-order valence-corrected chi connectivity index (χ3v) is 18.2. The van der Waals surface area contributed by atoms with Crippen molar-refractivity contribution in [2.24, 2.45) is 0 Å². The van der Waals surface area contributed by atoms with Gasteiger partial charge in [0, 0.05) is 115 Å². The normalized spacial score (nSPS) is 18.6. The summed E-state index contributed by atoms with van der Waals surface area (Å²) in [6.07, 6.45) is 2.28. The molecule has 0 fully saturated rings. The largest absolute Gasteiger partial charge is 0.294 e. The van der Waals surface area contributed by atoms with E-state index in [-0.39, 0.29) is 104 Å². The Morgan fingerprint density at radius 3 is 0.551 bits per heavy atom. The van der Waals surface area contributed by atoms with Gasteiger partial charge in [-0.1, -0.05) is 0 Å². The third-order valence-electron chi connectivity index (χ3n) is 18.2. The van der Waals surface area contributed by atoms with E-state index in [9.17, 15) is 38.4 Å². The Morgan fingerprint density at radius 1 is 0.217 bits per heavy atom. The Hall–Kier alpha value is -6.80. The molecule has 0 unspecified atom stereocenters. The number of Topliss-reactive ketones (excluding diaryl/α,β-unsaturated/α-hetero) is 8. The first kappa shape index (κ1) is 43.5. The van der Waals surface area contributed by atoms with E-state index in [1.165, 1.54) is 0 Å². The first-order valence-electron chi connectivity index (χ1n) is 24.4. The predicted molar refractivity (Wildman–Crippen MR) is 263 cm³/mol. The number of carbonyl (C=O) groups excluding carboxylic acids is 8. The second-order valence-corrected chi connectivity index (χ2v) is 21.3. The average Bonchev–Trinajstić information content (AvgIpc) is 4.19. The molecule has 0 radical (unpaired) electrons. The second-order valence-electron chi connectivity index (χ2n) is 21.3. The molecule has 8 aliphatic rings. The van der Waals surface area contributed by atoms with Crippen molar-refractivity contribution in [2.75, 3.05) is 0 Å². The van der Waals surface area contributed by atoms with Crippen LogP contribution in [0.5, 0.6) is 0 Å². The Morgan fingerprint density at radius 2 is 0.362 bits per heavy atom. The van der Waals surface area contributed by atoms with Crippen LogP contribution in [0.2, 0.25) is 0 Å². The fraction of sp³-hybridized carbons (Fsp3) is 0.344. The Labute approximate surface area is 398 Å². The van der Waals surface area contributed by atoms with Gasteiger partial charge in [-0.2, -0.15) is 0 Å². The van der Waals surface area contributed by atoms with E-state index < -0.39 is 0 Å². The number of hydrogen-bond acceptors (Lipinski definition) is 8. The van der Waals surface area contributed by atoms with Gasteiger partial charge in [0.25, 0.3) is 0 Å². The van der Waals surface area contributed by atoms with Crippen LogP contribution < -0.4 is 41.7 Å². The molecule has 0 atom stereocenters. The number of ketones is 8. The van der Waals surface area contributed by atoms with Gasteiger partial charge in [-0.3, -0.25) is 38.4 Å². The Kier molecular flexibility index (Phi) is 9.06. The summed E-state index contributed by atoms with van der Waals surface area (Å²) in [5.74, 6) is 0.0513. The molecule has 4 aromatic rings. The molecule has 0 amide bonds. The van der Waals surface area contributed by atoms with E-state index in [0.717, 1.165) is 142 Å². The quantitative estimate of drug-likeness (QED) is 0.286. The lowest BCUT2D eigenvalue weighted by atomic mass is 9.91. The highest BCUT2D eigenvalue weighted by Crippen LogP contribution is 2.34. The minimum absolute atomic E-state index is 0.00201. The molecule has 0 bridgehead atoms. The monoisotopic (exact) mass is 912 g/mol. The van der Waals surface area contributed by atoms with Crippen LogP contribution in [0.3, 0.4) is 0 Å². The predicted octanol–water partition coefficient (Wildman–Crippen LogP) is 1.67. The molecular formula is C61H52O8. The standard InChI is InChI=1S/C61H52O8/c1-22-34-16-48(64)40(56(34)24(3)32-14-46(62)30(9)54(22)32)11-42-50(66)18-36-28(7)60-38(26(5)58(36)42)20-52(68)44(60)13-45-53(69)21-39-27(6)59-37(29(8)61(39)45)19-51(67)43(59)12-41-49(65)17-35-23(2)55-31(10)47(63)15-33(55)25(4)57(35)41/h11-21H2,1-10H3. The lowest BCUT2D eigenvalue weighted by Crippen LogP contribution is -2.27. The first-order chi connectivity index (χ1) is 32.7. The van der Waals surface area contributed by atoms with Gasteiger partial charge < -0.3 is 0 Å². The van der Waals surface area contributed by atoms with Crippen LogP contribution in [0.1, 0.15) is 122 Å². The molecular weight excluding hydrogens is 861 g/mol. The molecule has 12 rings (SSSR count). The van der Waals surface area contributed by atoms with Gasteiger partial charge in [-0.15, -0.1) is 0 Å². The molecule has 0 aromatic heterocycles. The number of rotatable bonds is 6. The van der Waals surface area contributed by atoms with Crippen molar-refractivity contribution in [1.29, 1.82) is 0 Å². The molecule has 4 aromatic carbocycles. The van der Waals surface area contributed by atoms with Gasteiger partial charge in [-0.25, -0.2) is 0 Å². The highest BCUT2D eigenvalue weighted by Gasteiger charge is 2.38. The van der Waals surface area contributed by atoms with Crippen LogP contribution in [0.15, 0.2) is 0 Å². The molecule has 0 spiro atoms. The Bertz CT molecular complexity index is 3840. The summed E-state index contributed by atoms with van der Waals surface area (Å²) in [5, 5.41) is 7.03. The summed E-state index contributed by atoms with van der Waals surface area (Å²) in [6.45, 7) is 19.6. The lowest BCUT2D eigenvalue weighted by molar-refractivity contribution is -0.114. The third kappa shape index (κ3) is 5.52. The van der Waals surface area contributed by atoms with Crippen LogP contribution in [0.25, 0.3) is 44.6 Å². The summed E-state index contributed by atoms with van der Waals surface area (Å²) >= 11 is 0. The number of fused-ring (bicyclic) bond motifs is 8. The van der Waals surface area contributed by atoms with Crippen LogP contribution >= 0.6 is 0 Å². The molecule has 8 heteroatoms. The van der Waals surface area contributed by atoms with E-state index >= 15 is 0 Å². The summed E-state index contributed by atoms with van der Waals surface area (Å²) < 4.78 is 0. The van der Waals surface area contributed by atoms with Gasteiger partial charge in [-0.05, 0) is 200 Å². The van der Waals surface area contributed by atoms with Gasteiger partial charge >= 0.3 is 0 Å². The van der Waals surface area contributed by atoms with Crippen molar-refractivity contribution in [2.45, 2.75) is 140 Å². The zero-order valence-corrected chi connectivity index (χ0v) is 41.0. The van der Waals surface area contributed by atoms with Crippen molar-refractivity contribution in [1.82, 2.24) is 0 Å². The maximum atomic E-state index is 14.3. The summed E-state index contributed by atoms with van der Waals surface area (Å²) in [5.41, 5.74) is 19.7. The van der Waals surface area contributed by atoms with Gasteiger partial charge in [0.2, 0.25) is 0 Å². The van der Waals surface area contributed by atoms with Gasteiger partial charge in [0.15, 0.2) is 46.3 Å². The van der Waals surface area contributed by atoms with E-state index in [4.69, 9.17) is 0 Å². The minimum atomic E-state index is -0.0502. The zero-order chi connectivity index (χ0) is 48.9. The number of carbonyl (C=O) groups is 8. The fourth-order valence-electron chi connectivity index (χ4n) is 14.7. The molecule has 0 aliphatic heterocycles. The lowest BCUT2D eigenvalue weighted by Gasteiger charge is -2.12. The maximum Gasteiger partial charge on any atom is 0.164 e. The topological polar surface area (TPSA) is 137 Å². The van der Waals surface area contributed by atoms with Crippen LogP contribution in [0.4, 0.5) is 0 Å². The van der Waals surface area contributed by atoms with Crippen molar-refractivity contribution < 1.29 is 38.4 Å². The van der Waals surface area contributed by atoms with E-state index in [0.29, 0.717) is 46.3 Å². The fourth-order valence-corrected chi connectivity index (χ4v) is 14.7. The van der Waals surface area contributed by atoms with Crippen LogP contribution in [0, 0.1) is 55.4 Å². The van der Waals surface area contributed by atoms with Crippen molar-refractivity contribution >= 4 is 90.9 Å². The van der Waals surface area contributed by atoms with Crippen molar-refractivity contribution in [3.63, 3.8) is 0 Å². The first-order valence-corrected chi connectivity index (χ1v) is 24.4. The van der Waals surface area contributed by atoms with E-state index in [1.807, 2.05) is 69.2 Å². The highest BCUT2D eigenvalue weighted by atomic mass is 16.2. The van der Waals surface area contributed by atoms with E-state index in [2.05, 4.69) is 0 Å². The summed E-state index contributed by atoms with van der Waals surface area (Å²) in [7, 11) is 0. The smallest absolute Gasteiger partial charge is 0.164 e. The maximum absolute atomic E-state index is 14.3. The van der Waals surface area contributed by atoms with Crippen LogP contribution in [-0.2, 0) is 89.7 Å². The summed E-state index contributed by atoms with van der Waals surface area (Å²) in [4.78, 5) is 110. The number of hydrogen-bond donors (Lipinski definition) is 0. The Balaban J connectivity index is 0.989. The number of benzene rings is 4. The van der Waals surface area contributed by atoms with Crippen molar-refractivity contribution in [3.8, 4) is 0 Å². The molecule has 0 N–H and O–H groups in total. The molecule has 8 nitrogen and oxygen atoms in total. The molecule has 8 aliphatic carbocycles. The molecule has 69 heavy (non-hydrogen) atoms. The van der Waals surface area contributed by atoms with Gasteiger partial charge in [0.1, 0.15) is 0 Å². The minimum Gasteiger partial charge on any atom is -0.294 e. The second kappa shape index (κ2) is 14.4. The average molecular weight is 913 g/mol. The van der Waals surface area contributed by atoms with Gasteiger partial charge in [0.05, 0.1) is 0 Å². The summed E-state index contributed by atoms with van der Waals surface area (Å²) in [6, 6.07) is 0. The molecule has 0 heterocycles. The molecule has 344 valence electrons. The molecule has 0 saturated carbocycles. The highest BCUT2D eigenvalue weighted by molar-refractivity contribution is 6.30. The molecule has 0 saturated heterocycles. The zero-order valence-electron chi connectivity index (χ0n) is 41.0.